The van der Waals surface area contributed by atoms with E-state index in [-0.39, 0.29) is 10.8 Å². The van der Waals surface area contributed by atoms with E-state index in [0.717, 1.165) is 4.31 Å². The highest BCUT2D eigenvalue weighted by Crippen LogP contribution is 2.21. The molecule has 1 amide bonds. The van der Waals surface area contributed by atoms with Gasteiger partial charge >= 0.3 is 0 Å². The van der Waals surface area contributed by atoms with Crippen molar-refractivity contribution >= 4 is 15.9 Å². The summed E-state index contributed by atoms with van der Waals surface area (Å²) in [7, 11) is -0.665. The molecule has 0 aromatic heterocycles. The minimum absolute atomic E-state index is 0.0876. The van der Waals surface area contributed by atoms with Crippen molar-refractivity contribution in [2.45, 2.75) is 24.0 Å². The van der Waals surface area contributed by atoms with Gasteiger partial charge in [0.05, 0.1) is 18.1 Å². The number of amides is 1. The van der Waals surface area contributed by atoms with E-state index in [4.69, 9.17) is 9.47 Å². The Labute approximate surface area is 136 Å². The minimum atomic E-state index is -3.56. The molecular formula is C15H22N2O5S. The molecule has 1 aliphatic rings. The van der Waals surface area contributed by atoms with Crippen LogP contribution in [0.25, 0.3) is 0 Å². The Morgan fingerprint density at radius 1 is 1.30 bits per heavy atom. The Balaban J connectivity index is 2.00. The minimum Gasteiger partial charge on any atom is -0.352 e. The van der Waals surface area contributed by atoms with Crippen LogP contribution in [0.3, 0.4) is 0 Å². The third-order valence-corrected chi connectivity index (χ3v) is 5.45. The van der Waals surface area contributed by atoms with Gasteiger partial charge in [0.25, 0.3) is 5.91 Å². The van der Waals surface area contributed by atoms with Crippen LogP contribution in [-0.2, 0) is 19.5 Å². The highest BCUT2D eigenvalue weighted by Gasteiger charge is 2.30. The Morgan fingerprint density at radius 3 is 2.57 bits per heavy atom. The zero-order valence-corrected chi connectivity index (χ0v) is 14.4. The van der Waals surface area contributed by atoms with E-state index in [0.29, 0.717) is 31.7 Å². The molecule has 0 saturated carbocycles. The average Bonchev–Trinajstić information content (AvgIpc) is 2.94. The van der Waals surface area contributed by atoms with E-state index in [2.05, 4.69) is 5.32 Å². The molecule has 1 saturated heterocycles. The first-order valence-corrected chi connectivity index (χ1v) is 8.77. The van der Waals surface area contributed by atoms with Crippen molar-refractivity contribution in [3.05, 3.63) is 29.8 Å². The summed E-state index contributed by atoms with van der Waals surface area (Å²) in [5.41, 5.74) is 0.298. The predicted octanol–water partition coefficient (Wildman–Crippen LogP) is 0.820. The van der Waals surface area contributed by atoms with Crippen LogP contribution >= 0.6 is 0 Å². The molecule has 2 rings (SSSR count). The third kappa shape index (κ3) is 4.29. The van der Waals surface area contributed by atoms with Crippen molar-refractivity contribution in [3.63, 3.8) is 0 Å². The molecule has 1 aromatic rings. The maximum absolute atomic E-state index is 12.2. The smallest absolute Gasteiger partial charge is 0.251 e. The number of nitrogens with one attached hydrogen (secondary N) is 1. The normalized spacial score (nSPS) is 17.4. The summed E-state index contributed by atoms with van der Waals surface area (Å²) in [6, 6.07) is 5.96. The molecular weight excluding hydrogens is 320 g/mol. The highest BCUT2D eigenvalue weighted by molar-refractivity contribution is 7.89. The quantitative estimate of drug-likeness (QED) is 0.827. The van der Waals surface area contributed by atoms with Gasteiger partial charge in [0.2, 0.25) is 10.0 Å². The van der Waals surface area contributed by atoms with Gasteiger partial charge in [-0.05, 0) is 25.1 Å². The fourth-order valence-electron chi connectivity index (χ4n) is 2.21. The lowest BCUT2D eigenvalue weighted by Crippen LogP contribution is -2.33. The summed E-state index contributed by atoms with van der Waals surface area (Å²) in [5, 5.41) is 2.75. The second kappa shape index (κ2) is 6.96. The lowest BCUT2D eigenvalue weighted by atomic mass is 10.2. The third-order valence-electron chi connectivity index (χ3n) is 3.64. The first-order valence-electron chi connectivity index (χ1n) is 7.33. The summed E-state index contributed by atoms with van der Waals surface area (Å²) >= 11 is 0. The van der Waals surface area contributed by atoms with Crippen LogP contribution in [0.4, 0.5) is 0 Å². The lowest BCUT2D eigenvalue weighted by molar-refractivity contribution is -0.145. The fourth-order valence-corrected chi connectivity index (χ4v) is 3.16. The number of hydrogen-bond acceptors (Lipinski definition) is 5. The molecule has 1 aromatic carbocycles. The largest absolute Gasteiger partial charge is 0.352 e. The Hall–Kier alpha value is -1.48. The Kier molecular flexibility index (Phi) is 5.41. The molecule has 23 heavy (non-hydrogen) atoms. The standard InChI is InChI=1S/C15H22N2O5S/c1-15(21-9-10-22-15)7-8-16-14(18)12-5-4-6-13(11-12)23(19,20)17(2)3/h4-6,11H,7-10H2,1-3H3,(H,16,18). The second-order valence-corrected chi connectivity index (χ2v) is 7.80. The van der Waals surface area contributed by atoms with Crippen molar-refractivity contribution in [1.29, 1.82) is 0 Å². The number of carbonyl (C=O) groups excluding carboxylic acids is 1. The second-order valence-electron chi connectivity index (χ2n) is 5.65. The van der Waals surface area contributed by atoms with Gasteiger partial charge in [0.1, 0.15) is 0 Å². The van der Waals surface area contributed by atoms with Gasteiger partial charge in [-0.25, -0.2) is 12.7 Å². The highest BCUT2D eigenvalue weighted by atomic mass is 32.2. The molecule has 1 N–H and O–H groups in total. The zero-order valence-electron chi connectivity index (χ0n) is 13.5. The van der Waals surface area contributed by atoms with Gasteiger partial charge in [-0.15, -0.1) is 0 Å². The molecule has 0 spiro atoms. The molecule has 0 aliphatic carbocycles. The van der Waals surface area contributed by atoms with Gasteiger partial charge in [0.15, 0.2) is 5.79 Å². The molecule has 0 unspecified atom stereocenters. The first kappa shape index (κ1) is 17.9. The van der Waals surface area contributed by atoms with E-state index in [1.807, 2.05) is 6.92 Å². The van der Waals surface area contributed by atoms with Crippen molar-refractivity contribution in [3.8, 4) is 0 Å². The fraction of sp³-hybridized carbons (Fsp3) is 0.533. The summed E-state index contributed by atoms with van der Waals surface area (Å²) in [4.78, 5) is 12.3. The number of ether oxygens (including phenoxy) is 2. The van der Waals surface area contributed by atoms with E-state index in [9.17, 15) is 13.2 Å². The van der Waals surface area contributed by atoms with E-state index < -0.39 is 15.8 Å². The van der Waals surface area contributed by atoms with Crippen LogP contribution in [0.15, 0.2) is 29.2 Å². The summed E-state index contributed by atoms with van der Waals surface area (Å²) < 4.78 is 36.2. The number of rotatable bonds is 6. The number of hydrogen-bond donors (Lipinski definition) is 1. The number of nitrogens with zero attached hydrogens (tertiary/aromatic N) is 1. The van der Waals surface area contributed by atoms with Crippen molar-refractivity contribution in [1.82, 2.24) is 9.62 Å². The van der Waals surface area contributed by atoms with E-state index in [1.165, 1.54) is 26.2 Å². The molecule has 0 radical (unpaired) electrons. The summed E-state index contributed by atoms with van der Waals surface area (Å²) in [5.74, 6) is -0.994. The van der Waals surface area contributed by atoms with Gasteiger partial charge in [-0.3, -0.25) is 4.79 Å². The van der Waals surface area contributed by atoms with Gasteiger partial charge in [-0.2, -0.15) is 0 Å². The van der Waals surface area contributed by atoms with Crippen LogP contribution in [-0.4, -0.2) is 58.3 Å². The number of sulfonamides is 1. The van der Waals surface area contributed by atoms with Crippen LogP contribution in [0.2, 0.25) is 0 Å². The Morgan fingerprint density at radius 2 is 1.96 bits per heavy atom. The molecule has 1 fully saturated rings. The molecule has 1 heterocycles. The van der Waals surface area contributed by atoms with Crippen LogP contribution < -0.4 is 5.32 Å². The molecule has 8 heteroatoms. The zero-order chi connectivity index (χ0) is 17.1. The van der Waals surface area contributed by atoms with Crippen LogP contribution in [0.1, 0.15) is 23.7 Å². The van der Waals surface area contributed by atoms with Crippen molar-refractivity contribution < 1.29 is 22.7 Å². The average molecular weight is 342 g/mol. The van der Waals surface area contributed by atoms with E-state index >= 15 is 0 Å². The monoisotopic (exact) mass is 342 g/mol. The number of carbonyl (C=O) groups is 1. The topological polar surface area (TPSA) is 84.9 Å². The van der Waals surface area contributed by atoms with E-state index in [1.54, 1.807) is 12.1 Å². The van der Waals surface area contributed by atoms with Gasteiger partial charge < -0.3 is 14.8 Å². The lowest BCUT2D eigenvalue weighted by Gasteiger charge is -2.22. The molecule has 7 nitrogen and oxygen atoms in total. The molecule has 1 aliphatic heterocycles. The van der Waals surface area contributed by atoms with Gasteiger partial charge in [0, 0.05) is 32.6 Å². The summed E-state index contributed by atoms with van der Waals surface area (Å²) in [6.07, 6.45) is 0.522. The Bertz CT molecular complexity index is 666. The maximum atomic E-state index is 12.2. The molecule has 0 atom stereocenters. The van der Waals surface area contributed by atoms with Crippen molar-refractivity contribution in [2.75, 3.05) is 33.9 Å². The SMILES string of the molecule is CN(C)S(=O)(=O)c1cccc(C(=O)NCCC2(C)OCCO2)c1. The predicted molar refractivity (Wildman–Crippen MR) is 84.6 cm³/mol. The van der Waals surface area contributed by atoms with Gasteiger partial charge in [-0.1, -0.05) is 6.07 Å². The number of benzene rings is 1. The van der Waals surface area contributed by atoms with Crippen LogP contribution in [0, 0.1) is 0 Å². The van der Waals surface area contributed by atoms with Crippen LogP contribution in [0.5, 0.6) is 0 Å². The first-order chi connectivity index (χ1) is 10.7. The van der Waals surface area contributed by atoms with Crippen molar-refractivity contribution in [2.24, 2.45) is 0 Å². The molecule has 128 valence electrons. The molecule has 0 bridgehead atoms. The maximum Gasteiger partial charge on any atom is 0.251 e. The summed E-state index contributed by atoms with van der Waals surface area (Å²) in [6.45, 7) is 3.31.